The molecule has 0 radical (unpaired) electrons. The highest BCUT2D eigenvalue weighted by Gasteiger charge is 2.11. The summed E-state index contributed by atoms with van der Waals surface area (Å²) >= 11 is 3.41. The van der Waals surface area contributed by atoms with Crippen LogP contribution in [0.2, 0.25) is 0 Å². The number of nitrogens with one attached hydrogen (secondary N) is 1. The summed E-state index contributed by atoms with van der Waals surface area (Å²) in [6, 6.07) is 6.59. The third kappa shape index (κ3) is 4.48. The fraction of sp³-hybridized carbons (Fsp3) is 0.235. The van der Waals surface area contributed by atoms with Crippen LogP contribution in [0.4, 0.5) is 0 Å². The van der Waals surface area contributed by atoms with Crippen LogP contribution in [-0.2, 0) is 7.05 Å². The predicted molar refractivity (Wildman–Crippen MR) is 98.6 cm³/mol. The molecule has 0 atom stereocenters. The van der Waals surface area contributed by atoms with E-state index in [0.29, 0.717) is 28.1 Å². The van der Waals surface area contributed by atoms with Crippen molar-refractivity contribution in [2.75, 3.05) is 13.7 Å². The van der Waals surface area contributed by atoms with Crippen LogP contribution in [0, 0.1) is 0 Å². The Labute approximate surface area is 153 Å². The van der Waals surface area contributed by atoms with Crippen LogP contribution >= 0.6 is 15.9 Å². The van der Waals surface area contributed by atoms with E-state index in [0.717, 1.165) is 0 Å². The SMILES string of the molecule is CCOc1cc(/C=N\NC(=O)c2cccn(C)c2=O)cc(Br)c1OC. The molecule has 0 saturated heterocycles. The second kappa shape index (κ2) is 8.48. The van der Waals surface area contributed by atoms with Crippen LogP contribution in [0.5, 0.6) is 11.5 Å². The second-order valence-electron chi connectivity index (χ2n) is 5.00. The van der Waals surface area contributed by atoms with Gasteiger partial charge in [-0.05, 0) is 52.7 Å². The average molecular weight is 408 g/mol. The number of aromatic nitrogens is 1. The number of hydrogen-bond acceptors (Lipinski definition) is 5. The molecule has 1 N–H and O–H groups in total. The fourth-order valence-electron chi connectivity index (χ4n) is 2.12. The number of amides is 1. The normalized spacial score (nSPS) is 10.7. The van der Waals surface area contributed by atoms with E-state index in [9.17, 15) is 9.59 Å². The molecule has 1 aromatic heterocycles. The molecule has 8 heteroatoms. The number of halogens is 1. The lowest BCUT2D eigenvalue weighted by Gasteiger charge is -2.11. The van der Waals surface area contributed by atoms with Crippen LogP contribution < -0.4 is 20.5 Å². The van der Waals surface area contributed by atoms with Crippen molar-refractivity contribution < 1.29 is 14.3 Å². The number of nitrogens with zero attached hydrogens (tertiary/aromatic N) is 2. The maximum absolute atomic E-state index is 12.1. The zero-order chi connectivity index (χ0) is 18.4. The molecule has 2 aromatic rings. The number of aryl methyl sites for hydroxylation is 1. The minimum absolute atomic E-state index is 0.0214. The van der Waals surface area contributed by atoms with Crippen LogP contribution in [0.25, 0.3) is 0 Å². The molecule has 0 aliphatic heterocycles. The molecule has 7 nitrogen and oxygen atoms in total. The molecule has 2 rings (SSSR count). The molecule has 0 aliphatic carbocycles. The Hall–Kier alpha value is -2.61. The van der Waals surface area contributed by atoms with Crippen molar-refractivity contribution in [3.63, 3.8) is 0 Å². The number of hydrogen-bond donors (Lipinski definition) is 1. The zero-order valence-corrected chi connectivity index (χ0v) is 15.7. The van der Waals surface area contributed by atoms with E-state index < -0.39 is 5.91 Å². The first kappa shape index (κ1) is 18.7. The van der Waals surface area contributed by atoms with Crippen molar-refractivity contribution in [3.8, 4) is 11.5 Å². The van der Waals surface area contributed by atoms with Crippen molar-refractivity contribution in [2.24, 2.45) is 12.1 Å². The topological polar surface area (TPSA) is 81.9 Å². The molecule has 25 heavy (non-hydrogen) atoms. The van der Waals surface area contributed by atoms with Gasteiger partial charge in [0.25, 0.3) is 11.5 Å². The Morgan fingerprint density at radius 1 is 1.44 bits per heavy atom. The van der Waals surface area contributed by atoms with Crippen LogP contribution in [0.3, 0.4) is 0 Å². The summed E-state index contributed by atoms with van der Waals surface area (Å²) in [6.07, 6.45) is 3.03. The van der Waals surface area contributed by atoms with Crippen molar-refractivity contribution in [3.05, 3.63) is 56.4 Å². The predicted octanol–water partition coefficient (Wildman–Crippen LogP) is 2.32. The van der Waals surface area contributed by atoms with Gasteiger partial charge in [0, 0.05) is 13.2 Å². The summed E-state index contributed by atoms with van der Waals surface area (Å²) in [4.78, 5) is 23.9. The number of pyridine rings is 1. The summed E-state index contributed by atoms with van der Waals surface area (Å²) in [7, 11) is 3.13. The van der Waals surface area contributed by atoms with Crippen molar-refractivity contribution in [1.82, 2.24) is 9.99 Å². The molecule has 0 unspecified atom stereocenters. The van der Waals surface area contributed by atoms with Crippen molar-refractivity contribution >= 4 is 28.1 Å². The highest BCUT2D eigenvalue weighted by molar-refractivity contribution is 9.10. The summed E-state index contributed by atoms with van der Waals surface area (Å²) in [5.74, 6) is 0.565. The molecule has 1 aromatic carbocycles. The standard InChI is InChI=1S/C17H18BrN3O4/c1-4-25-14-9-11(8-13(18)15(14)24-3)10-19-20-16(22)12-6-5-7-21(2)17(12)23/h5-10H,4H2,1-3H3,(H,20,22)/b19-10-. The molecular formula is C17H18BrN3O4. The third-order valence-electron chi connectivity index (χ3n) is 3.28. The Bertz CT molecular complexity index is 861. The van der Waals surface area contributed by atoms with Gasteiger partial charge in [0.2, 0.25) is 0 Å². The molecular weight excluding hydrogens is 390 g/mol. The number of carbonyl (C=O) groups excluding carboxylic acids is 1. The van der Waals surface area contributed by atoms with Gasteiger partial charge in [-0.1, -0.05) is 0 Å². The van der Waals surface area contributed by atoms with Gasteiger partial charge in [-0.3, -0.25) is 9.59 Å². The van der Waals surface area contributed by atoms with Crippen molar-refractivity contribution in [1.29, 1.82) is 0 Å². The maximum atomic E-state index is 12.1. The van der Waals surface area contributed by atoms with Gasteiger partial charge in [0.15, 0.2) is 11.5 Å². The lowest BCUT2D eigenvalue weighted by atomic mass is 10.2. The van der Waals surface area contributed by atoms with Gasteiger partial charge in [0.1, 0.15) is 5.56 Å². The van der Waals surface area contributed by atoms with Gasteiger partial charge in [-0.15, -0.1) is 0 Å². The van der Waals surface area contributed by atoms with E-state index >= 15 is 0 Å². The largest absolute Gasteiger partial charge is 0.492 e. The van der Waals surface area contributed by atoms with E-state index in [1.165, 1.54) is 16.8 Å². The Balaban J connectivity index is 2.18. The Morgan fingerprint density at radius 3 is 2.88 bits per heavy atom. The lowest BCUT2D eigenvalue weighted by molar-refractivity contribution is 0.0953. The Kier molecular flexibility index (Phi) is 6.35. The lowest BCUT2D eigenvalue weighted by Crippen LogP contribution is -2.29. The van der Waals surface area contributed by atoms with E-state index in [1.54, 1.807) is 38.6 Å². The van der Waals surface area contributed by atoms with Crippen LogP contribution in [0.1, 0.15) is 22.8 Å². The minimum Gasteiger partial charge on any atom is -0.492 e. The molecule has 0 bridgehead atoms. The minimum atomic E-state index is -0.574. The summed E-state index contributed by atoms with van der Waals surface area (Å²) < 4.78 is 12.8. The Morgan fingerprint density at radius 2 is 2.20 bits per heavy atom. The quantitative estimate of drug-likeness (QED) is 0.588. The highest BCUT2D eigenvalue weighted by Crippen LogP contribution is 2.36. The van der Waals surface area contributed by atoms with Gasteiger partial charge < -0.3 is 14.0 Å². The van der Waals surface area contributed by atoms with Crippen molar-refractivity contribution in [2.45, 2.75) is 6.92 Å². The first-order chi connectivity index (χ1) is 12.0. The monoisotopic (exact) mass is 407 g/mol. The first-order valence-electron chi connectivity index (χ1n) is 7.47. The number of benzene rings is 1. The second-order valence-corrected chi connectivity index (χ2v) is 5.86. The zero-order valence-electron chi connectivity index (χ0n) is 14.1. The smallest absolute Gasteiger partial charge is 0.276 e. The number of hydrazone groups is 1. The van der Waals surface area contributed by atoms with E-state index in [4.69, 9.17) is 9.47 Å². The highest BCUT2D eigenvalue weighted by atomic mass is 79.9. The molecule has 0 spiro atoms. The van der Waals surface area contributed by atoms with E-state index in [1.807, 2.05) is 6.92 Å². The van der Waals surface area contributed by atoms with Gasteiger partial charge >= 0.3 is 0 Å². The molecule has 0 saturated carbocycles. The van der Waals surface area contributed by atoms with Gasteiger partial charge in [-0.2, -0.15) is 5.10 Å². The number of ether oxygens (including phenoxy) is 2. The number of rotatable bonds is 6. The number of methoxy groups -OCH3 is 1. The third-order valence-corrected chi connectivity index (χ3v) is 3.87. The van der Waals surface area contributed by atoms with Crippen LogP contribution in [-0.4, -0.2) is 30.4 Å². The molecule has 0 aliphatic rings. The molecule has 132 valence electrons. The van der Waals surface area contributed by atoms with E-state index in [-0.39, 0.29) is 11.1 Å². The number of carbonyl (C=O) groups is 1. The summed E-state index contributed by atoms with van der Waals surface area (Å²) in [6.45, 7) is 2.35. The van der Waals surface area contributed by atoms with Crippen LogP contribution in [0.15, 0.2) is 44.8 Å². The molecule has 1 heterocycles. The molecule has 1 amide bonds. The van der Waals surface area contributed by atoms with Gasteiger partial charge in [-0.25, -0.2) is 5.43 Å². The first-order valence-corrected chi connectivity index (χ1v) is 8.26. The fourth-order valence-corrected chi connectivity index (χ4v) is 2.74. The summed E-state index contributed by atoms with van der Waals surface area (Å²) in [5.41, 5.74) is 2.67. The summed E-state index contributed by atoms with van der Waals surface area (Å²) in [5, 5.41) is 3.90. The maximum Gasteiger partial charge on any atom is 0.276 e. The molecule has 0 fully saturated rings. The van der Waals surface area contributed by atoms with E-state index in [2.05, 4.69) is 26.5 Å². The average Bonchev–Trinajstić information content (AvgIpc) is 2.57. The van der Waals surface area contributed by atoms with Gasteiger partial charge in [0.05, 0.1) is 24.4 Å².